The lowest BCUT2D eigenvalue weighted by Gasteiger charge is -2.35. The molecule has 0 radical (unpaired) electrons. The average molecular weight is 224 g/mol. The zero-order valence-electron chi connectivity index (χ0n) is 10.5. The number of ketones is 1. The van der Waals surface area contributed by atoms with Crippen molar-refractivity contribution in [1.29, 1.82) is 0 Å². The van der Waals surface area contributed by atoms with Crippen LogP contribution in [0.15, 0.2) is 0 Å². The highest BCUT2D eigenvalue weighted by molar-refractivity contribution is 5.83. The van der Waals surface area contributed by atoms with Crippen molar-refractivity contribution in [3.8, 4) is 0 Å². The molecule has 0 amide bonds. The lowest BCUT2D eigenvalue weighted by Crippen LogP contribution is -2.48. The number of nitrogens with zero attached hydrogens (tertiary/aromatic N) is 2. The summed E-state index contributed by atoms with van der Waals surface area (Å²) in [6.45, 7) is 9.19. The van der Waals surface area contributed by atoms with Gasteiger partial charge in [-0.3, -0.25) is 4.79 Å². The summed E-state index contributed by atoms with van der Waals surface area (Å²) in [6.07, 6.45) is 4.34. The van der Waals surface area contributed by atoms with Crippen LogP contribution in [0, 0.1) is 5.92 Å². The average Bonchev–Trinajstić information content (AvgIpc) is 2.68. The molecule has 1 heterocycles. The SMILES string of the molecule is CCCN1CCN(CC2CCCC2=O)CC1. The Morgan fingerprint density at radius 1 is 1.19 bits per heavy atom. The van der Waals surface area contributed by atoms with Gasteiger partial charge in [-0.1, -0.05) is 6.92 Å². The minimum absolute atomic E-state index is 0.359. The van der Waals surface area contributed by atoms with Crippen molar-refractivity contribution in [3.63, 3.8) is 0 Å². The summed E-state index contributed by atoms with van der Waals surface area (Å²) in [4.78, 5) is 16.6. The van der Waals surface area contributed by atoms with E-state index in [1.165, 1.54) is 26.1 Å². The van der Waals surface area contributed by atoms with E-state index in [-0.39, 0.29) is 0 Å². The number of piperazine rings is 1. The van der Waals surface area contributed by atoms with Gasteiger partial charge in [-0.05, 0) is 25.8 Å². The highest BCUT2D eigenvalue weighted by Crippen LogP contribution is 2.22. The van der Waals surface area contributed by atoms with Crippen LogP contribution in [0.25, 0.3) is 0 Å². The molecule has 0 bridgehead atoms. The Kier molecular flexibility index (Phi) is 4.36. The van der Waals surface area contributed by atoms with Gasteiger partial charge in [0.05, 0.1) is 0 Å². The highest BCUT2D eigenvalue weighted by Gasteiger charge is 2.27. The van der Waals surface area contributed by atoms with Crippen molar-refractivity contribution in [2.24, 2.45) is 5.92 Å². The van der Waals surface area contributed by atoms with Gasteiger partial charge < -0.3 is 9.80 Å². The summed E-state index contributed by atoms with van der Waals surface area (Å²) in [5.74, 6) is 0.869. The Morgan fingerprint density at radius 3 is 2.44 bits per heavy atom. The molecular weight excluding hydrogens is 200 g/mol. The van der Waals surface area contributed by atoms with Crippen LogP contribution in [-0.4, -0.2) is 54.9 Å². The van der Waals surface area contributed by atoms with Crippen molar-refractivity contribution in [3.05, 3.63) is 0 Å². The number of hydrogen-bond acceptors (Lipinski definition) is 3. The molecule has 1 atom stereocenters. The fraction of sp³-hybridized carbons (Fsp3) is 0.923. The molecule has 1 saturated carbocycles. The van der Waals surface area contributed by atoms with Crippen LogP contribution in [0.1, 0.15) is 32.6 Å². The maximum Gasteiger partial charge on any atom is 0.137 e. The van der Waals surface area contributed by atoms with Gasteiger partial charge in [0.2, 0.25) is 0 Å². The first-order chi connectivity index (χ1) is 7.79. The topological polar surface area (TPSA) is 23.6 Å². The second-order valence-electron chi connectivity index (χ2n) is 5.20. The van der Waals surface area contributed by atoms with Gasteiger partial charge in [-0.2, -0.15) is 0 Å². The number of Topliss-reactive ketones (excluding diaryl/α,β-unsaturated/α-hetero) is 1. The molecular formula is C13H24N2O. The summed E-state index contributed by atoms with van der Waals surface area (Å²) in [5, 5.41) is 0. The molecule has 3 heteroatoms. The van der Waals surface area contributed by atoms with E-state index in [1.807, 2.05) is 0 Å². The Balaban J connectivity index is 1.70. The van der Waals surface area contributed by atoms with E-state index in [9.17, 15) is 4.79 Å². The fourth-order valence-electron chi connectivity index (χ4n) is 2.90. The van der Waals surface area contributed by atoms with E-state index >= 15 is 0 Å². The van der Waals surface area contributed by atoms with Gasteiger partial charge in [-0.15, -0.1) is 0 Å². The summed E-state index contributed by atoms with van der Waals surface area (Å²) in [5.41, 5.74) is 0. The lowest BCUT2D eigenvalue weighted by molar-refractivity contribution is -0.121. The molecule has 0 spiro atoms. The van der Waals surface area contributed by atoms with Crippen LogP contribution >= 0.6 is 0 Å². The molecule has 2 fully saturated rings. The van der Waals surface area contributed by atoms with Gasteiger partial charge in [0.1, 0.15) is 5.78 Å². The Labute approximate surface area is 98.8 Å². The number of rotatable bonds is 4. The van der Waals surface area contributed by atoms with Gasteiger partial charge in [0.25, 0.3) is 0 Å². The largest absolute Gasteiger partial charge is 0.301 e. The van der Waals surface area contributed by atoms with Crippen molar-refractivity contribution in [2.75, 3.05) is 39.3 Å². The Morgan fingerprint density at radius 2 is 1.88 bits per heavy atom. The first-order valence-electron chi connectivity index (χ1n) is 6.77. The van der Waals surface area contributed by atoms with Crippen molar-refractivity contribution < 1.29 is 4.79 Å². The van der Waals surface area contributed by atoms with E-state index in [1.54, 1.807) is 0 Å². The van der Waals surface area contributed by atoms with Gasteiger partial charge >= 0.3 is 0 Å². The fourth-order valence-corrected chi connectivity index (χ4v) is 2.90. The van der Waals surface area contributed by atoms with Crippen LogP contribution in [-0.2, 0) is 4.79 Å². The maximum atomic E-state index is 11.6. The summed E-state index contributed by atoms with van der Waals surface area (Å²) >= 11 is 0. The minimum Gasteiger partial charge on any atom is -0.301 e. The molecule has 2 aliphatic rings. The second kappa shape index (κ2) is 5.78. The summed E-state index contributed by atoms with van der Waals surface area (Å²) in [6, 6.07) is 0. The molecule has 0 N–H and O–H groups in total. The first kappa shape index (κ1) is 12.1. The Bertz CT molecular complexity index is 234. The summed E-state index contributed by atoms with van der Waals surface area (Å²) < 4.78 is 0. The maximum absolute atomic E-state index is 11.6. The molecule has 3 nitrogen and oxygen atoms in total. The molecule has 2 rings (SSSR count). The molecule has 0 aromatic heterocycles. The first-order valence-corrected chi connectivity index (χ1v) is 6.77. The van der Waals surface area contributed by atoms with E-state index < -0.39 is 0 Å². The highest BCUT2D eigenvalue weighted by atomic mass is 16.1. The van der Waals surface area contributed by atoms with Crippen molar-refractivity contribution >= 4 is 5.78 Å². The van der Waals surface area contributed by atoms with Gasteiger partial charge in [-0.25, -0.2) is 0 Å². The zero-order valence-corrected chi connectivity index (χ0v) is 10.5. The van der Waals surface area contributed by atoms with E-state index in [2.05, 4.69) is 16.7 Å². The number of carbonyl (C=O) groups is 1. The van der Waals surface area contributed by atoms with E-state index in [4.69, 9.17) is 0 Å². The predicted octanol–water partition coefficient (Wildman–Crippen LogP) is 1.38. The molecule has 16 heavy (non-hydrogen) atoms. The van der Waals surface area contributed by atoms with Gasteiger partial charge in [0.15, 0.2) is 0 Å². The van der Waals surface area contributed by atoms with E-state index in [0.717, 1.165) is 38.9 Å². The van der Waals surface area contributed by atoms with Crippen LogP contribution in [0.4, 0.5) is 0 Å². The minimum atomic E-state index is 0.359. The normalized spacial score (nSPS) is 28.8. The third-order valence-electron chi connectivity index (χ3n) is 3.91. The van der Waals surface area contributed by atoms with Crippen LogP contribution in [0.5, 0.6) is 0 Å². The smallest absolute Gasteiger partial charge is 0.137 e. The van der Waals surface area contributed by atoms with E-state index in [0.29, 0.717) is 11.7 Å². The third kappa shape index (κ3) is 3.05. The molecule has 92 valence electrons. The van der Waals surface area contributed by atoms with Crippen LogP contribution < -0.4 is 0 Å². The molecule has 1 unspecified atom stereocenters. The quantitative estimate of drug-likeness (QED) is 0.721. The standard InChI is InChI=1S/C13H24N2O/c1-2-6-14-7-9-15(10-8-14)11-12-4-3-5-13(12)16/h12H,2-11H2,1H3. The van der Waals surface area contributed by atoms with Crippen LogP contribution in [0.3, 0.4) is 0 Å². The second-order valence-corrected chi connectivity index (χ2v) is 5.20. The molecule has 1 aliphatic carbocycles. The van der Waals surface area contributed by atoms with Crippen molar-refractivity contribution in [2.45, 2.75) is 32.6 Å². The summed E-state index contributed by atoms with van der Waals surface area (Å²) in [7, 11) is 0. The van der Waals surface area contributed by atoms with Crippen molar-refractivity contribution in [1.82, 2.24) is 9.80 Å². The number of hydrogen-bond donors (Lipinski definition) is 0. The number of carbonyl (C=O) groups excluding carboxylic acids is 1. The molecule has 1 aliphatic heterocycles. The van der Waals surface area contributed by atoms with Gasteiger partial charge in [0, 0.05) is 45.1 Å². The zero-order chi connectivity index (χ0) is 11.4. The lowest BCUT2D eigenvalue weighted by atomic mass is 10.1. The monoisotopic (exact) mass is 224 g/mol. The molecule has 0 aromatic carbocycles. The molecule has 0 aromatic rings. The predicted molar refractivity (Wildman–Crippen MR) is 65.5 cm³/mol. The van der Waals surface area contributed by atoms with Crippen LogP contribution in [0.2, 0.25) is 0 Å². The third-order valence-corrected chi connectivity index (χ3v) is 3.91. The molecule has 1 saturated heterocycles. The Hall–Kier alpha value is -0.410.